The van der Waals surface area contributed by atoms with Gasteiger partial charge < -0.3 is 15.5 Å². The van der Waals surface area contributed by atoms with E-state index < -0.39 is 23.4 Å². The number of hydrogen-bond donors (Lipinski definition) is 2. The van der Waals surface area contributed by atoms with Crippen molar-refractivity contribution in [3.8, 4) is 0 Å². The summed E-state index contributed by atoms with van der Waals surface area (Å²) in [6.45, 7) is 2.78. The Bertz CT molecular complexity index is 956. The molecule has 1 saturated heterocycles. The summed E-state index contributed by atoms with van der Waals surface area (Å²) in [5, 5.41) is 4.94. The Balaban J connectivity index is 1.44. The Labute approximate surface area is 173 Å². The normalized spacial score (nSPS) is 14.3. The largest absolute Gasteiger partial charge is 0.348 e. The van der Waals surface area contributed by atoms with Gasteiger partial charge in [-0.1, -0.05) is 18.2 Å². The molecule has 2 aromatic rings. The minimum atomic E-state index is -0.870. The summed E-state index contributed by atoms with van der Waals surface area (Å²) >= 11 is 0. The minimum absolute atomic E-state index is 0.0495. The van der Waals surface area contributed by atoms with Gasteiger partial charge in [-0.15, -0.1) is 0 Å². The van der Waals surface area contributed by atoms with Crippen LogP contribution in [0, 0.1) is 24.5 Å². The lowest BCUT2D eigenvalue weighted by molar-refractivity contribution is -0.136. The quantitative estimate of drug-likeness (QED) is 0.754. The maximum Gasteiger partial charge on any atom is 0.313 e. The number of aryl methyl sites for hydroxylation is 1. The fourth-order valence-corrected chi connectivity index (χ4v) is 3.32. The molecular weight excluding hydrogens is 392 g/mol. The number of carbonyl (C=O) groups is 3. The van der Waals surface area contributed by atoms with Crippen molar-refractivity contribution in [2.45, 2.75) is 19.8 Å². The van der Waals surface area contributed by atoms with E-state index in [9.17, 15) is 23.2 Å². The number of hydrogen-bond acceptors (Lipinski definition) is 3. The van der Waals surface area contributed by atoms with Gasteiger partial charge in [-0.05, 0) is 55.5 Å². The Morgan fingerprint density at radius 3 is 2.37 bits per heavy atom. The summed E-state index contributed by atoms with van der Waals surface area (Å²) in [5.41, 5.74) is 0.698. The second-order valence-electron chi connectivity index (χ2n) is 7.34. The zero-order valence-electron chi connectivity index (χ0n) is 16.6. The van der Waals surface area contributed by atoms with Crippen molar-refractivity contribution in [3.63, 3.8) is 0 Å². The molecule has 30 heavy (non-hydrogen) atoms. The van der Waals surface area contributed by atoms with Crippen LogP contribution in [0.4, 0.5) is 14.5 Å². The topological polar surface area (TPSA) is 78.5 Å². The summed E-state index contributed by atoms with van der Waals surface area (Å²) in [7, 11) is 0. The van der Waals surface area contributed by atoms with E-state index in [4.69, 9.17) is 0 Å². The van der Waals surface area contributed by atoms with Crippen LogP contribution in [0.25, 0.3) is 0 Å². The van der Waals surface area contributed by atoms with Crippen LogP contribution in [0.3, 0.4) is 0 Å². The molecule has 6 nitrogen and oxygen atoms in total. The predicted octanol–water partition coefficient (Wildman–Crippen LogP) is 2.88. The van der Waals surface area contributed by atoms with Gasteiger partial charge >= 0.3 is 11.8 Å². The monoisotopic (exact) mass is 415 g/mol. The Morgan fingerprint density at radius 1 is 1.00 bits per heavy atom. The molecule has 0 aromatic heterocycles. The molecule has 0 bridgehead atoms. The van der Waals surface area contributed by atoms with E-state index in [1.165, 1.54) is 30.3 Å². The number of nitrogens with one attached hydrogen (secondary N) is 2. The molecule has 0 unspecified atom stereocenters. The van der Waals surface area contributed by atoms with Gasteiger partial charge in [0.15, 0.2) is 0 Å². The first-order valence-electron chi connectivity index (χ1n) is 9.74. The van der Waals surface area contributed by atoms with Crippen LogP contribution in [0.1, 0.15) is 28.8 Å². The van der Waals surface area contributed by atoms with Crippen LogP contribution in [-0.4, -0.2) is 42.3 Å². The number of piperidine rings is 1. The average Bonchev–Trinajstić information content (AvgIpc) is 2.75. The van der Waals surface area contributed by atoms with Crippen molar-refractivity contribution in [1.29, 1.82) is 0 Å². The van der Waals surface area contributed by atoms with E-state index in [0.717, 1.165) is 6.07 Å². The number of halogens is 2. The maximum absolute atomic E-state index is 13.8. The maximum atomic E-state index is 13.8. The Hall–Kier alpha value is -3.29. The standard InChI is InChI=1S/C22H23F2N3O3/c1-14-6-7-16(12-19(14)24)26-21(29)20(28)25-13-15-8-10-27(11-9-15)22(30)17-4-2-3-5-18(17)23/h2-7,12,15H,8-11,13H2,1H3,(H,25,28)(H,26,29). The van der Waals surface area contributed by atoms with Gasteiger partial charge in [0.2, 0.25) is 0 Å². The zero-order valence-corrected chi connectivity index (χ0v) is 16.6. The van der Waals surface area contributed by atoms with Gasteiger partial charge in [-0.25, -0.2) is 8.78 Å². The van der Waals surface area contributed by atoms with Crippen molar-refractivity contribution < 1.29 is 23.2 Å². The number of amides is 3. The number of anilines is 1. The first kappa shape index (κ1) is 21.4. The van der Waals surface area contributed by atoms with Gasteiger partial charge in [0.1, 0.15) is 11.6 Å². The highest BCUT2D eigenvalue weighted by atomic mass is 19.1. The highest BCUT2D eigenvalue weighted by molar-refractivity contribution is 6.39. The van der Waals surface area contributed by atoms with Gasteiger partial charge in [0.25, 0.3) is 5.91 Å². The first-order chi connectivity index (χ1) is 14.3. The predicted molar refractivity (Wildman–Crippen MR) is 108 cm³/mol. The summed E-state index contributed by atoms with van der Waals surface area (Å²) in [6.07, 6.45) is 1.26. The number of carbonyl (C=O) groups excluding carboxylic acids is 3. The second kappa shape index (κ2) is 9.47. The molecule has 1 fully saturated rings. The van der Waals surface area contributed by atoms with Crippen molar-refractivity contribution in [2.24, 2.45) is 5.92 Å². The number of likely N-dealkylation sites (tertiary alicyclic amines) is 1. The van der Waals surface area contributed by atoms with Crippen LogP contribution >= 0.6 is 0 Å². The molecule has 2 aromatic carbocycles. The van der Waals surface area contributed by atoms with Crippen molar-refractivity contribution in [1.82, 2.24) is 10.2 Å². The highest BCUT2D eigenvalue weighted by Crippen LogP contribution is 2.20. The third-order valence-electron chi connectivity index (χ3n) is 5.19. The van der Waals surface area contributed by atoms with Crippen LogP contribution < -0.4 is 10.6 Å². The third kappa shape index (κ3) is 5.20. The lowest BCUT2D eigenvalue weighted by Crippen LogP contribution is -2.43. The molecule has 8 heteroatoms. The number of rotatable bonds is 4. The molecule has 0 spiro atoms. The van der Waals surface area contributed by atoms with Gasteiger partial charge in [-0.3, -0.25) is 14.4 Å². The fraction of sp³-hybridized carbons (Fsp3) is 0.318. The van der Waals surface area contributed by atoms with E-state index in [1.54, 1.807) is 17.9 Å². The molecule has 0 radical (unpaired) electrons. The smallest absolute Gasteiger partial charge is 0.313 e. The third-order valence-corrected chi connectivity index (χ3v) is 5.19. The molecule has 0 aliphatic carbocycles. The molecule has 3 rings (SSSR count). The molecule has 1 aliphatic rings. The summed E-state index contributed by atoms with van der Waals surface area (Å²) in [6, 6.07) is 10.1. The molecule has 0 atom stereocenters. The van der Waals surface area contributed by atoms with Crippen LogP contribution in [0.15, 0.2) is 42.5 Å². The molecule has 2 N–H and O–H groups in total. The summed E-state index contributed by atoms with van der Waals surface area (Å²) in [4.78, 5) is 38.0. The highest BCUT2D eigenvalue weighted by Gasteiger charge is 2.26. The van der Waals surface area contributed by atoms with Gasteiger partial charge in [-0.2, -0.15) is 0 Å². The van der Waals surface area contributed by atoms with E-state index in [1.807, 2.05) is 0 Å². The molecule has 158 valence electrons. The molecule has 0 saturated carbocycles. The zero-order chi connectivity index (χ0) is 21.7. The first-order valence-corrected chi connectivity index (χ1v) is 9.74. The lowest BCUT2D eigenvalue weighted by Gasteiger charge is -2.32. The Morgan fingerprint density at radius 2 is 1.70 bits per heavy atom. The SMILES string of the molecule is Cc1ccc(NC(=O)C(=O)NCC2CCN(C(=O)c3ccccc3F)CC2)cc1F. The molecule has 1 aliphatic heterocycles. The second-order valence-corrected chi connectivity index (χ2v) is 7.34. The number of nitrogens with zero attached hydrogens (tertiary/aromatic N) is 1. The van der Waals surface area contributed by atoms with E-state index in [0.29, 0.717) is 31.5 Å². The Kier molecular flexibility index (Phi) is 6.76. The van der Waals surface area contributed by atoms with Crippen LogP contribution in [0.2, 0.25) is 0 Å². The summed E-state index contributed by atoms with van der Waals surface area (Å²) < 4.78 is 27.3. The van der Waals surface area contributed by atoms with E-state index in [-0.39, 0.29) is 29.6 Å². The van der Waals surface area contributed by atoms with E-state index in [2.05, 4.69) is 10.6 Å². The molecular formula is C22H23F2N3O3. The van der Waals surface area contributed by atoms with Crippen LogP contribution in [-0.2, 0) is 9.59 Å². The lowest BCUT2D eigenvalue weighted by atomic mass is 9.96. The fourth-order valence-electron chi connectivity index (χ4n) is 3.32. The van der Waals surface area contributed by atoms with Crippen molar-refractivity contribution >= 4 is 23.4 Å². The van der Waals surface area contributed by atoms with Crippen molar-refractivity contribution in [2.75, 3.05) is 25.0 Å². The minimum Gasteiger partial charge on any atom is -0.348 e. The average molecular weight is 415 g/mol. The molecule has 1 heterocycles. The number of benzene rings is 2. The van der Waals surface area contributed by atoms with E-state index >= 15 is 0 Å². The summed E-state index contributed by atoms with van der Waals surface area (Å²) in [5.74, 6) is -2.93. The van der Waals surface area contributed by atoms with Crippen molar-refractivity contribution in [3.05, 3.63) is 65.2 Å². The van der Waals surface area contributed by atoms with Gasteiger partial charge in [0.05, 0.1) is 5.56 Å². The van der Waals surface area contributed by atoms with Gasteiger partial charge in [0, 0.05) is 25.3 Å². The van der Waals surface area contributed by atoms with Crippen LogP contribution in [0.5, 0.6) is 0 Å². The molecule has 3 amide bonds.